The highest BCUT2D eigenvalue weighted by Crippen LogP contribution is 2.22. The molecule has 1 aliphatic heterocycles. The Labute approximate surface area is 136 Å². The summed E-state index contributed by atoms with van der Waals surface area (Å²) in [5, 5.41) is 0.0216. The van der Waals surface area contributed by atoms with Crippen molar-refractivity contribution in [1.29, 1.82) is 0 Å². The smallest absolute Gasteiger partial charge is 0.242 e. The Morgan fingerprint density at radius 2 is 2.05 bits per heavy atom. The Morgan fingerprint density at radius 3 is 2.68 bits per heavy atom. The molecule has 22 heavy (non-hydrogen) atoms. The molecule has 0 amide bonds. The summed E-state index contributed by atoms with van der Waals surface area (Å²) in [6.45, 7) is 6.46. The van der Waals surface area contributed by atoms with Crippen molar-refractivity contribution in [3.63, 3.8) is 0 Å². The van der Waals surface area contributed by atoms with Crippen LogP contribution in [0.15, 0.2) is 23.1 Å². The third kappa shape index (κ3) is 4.41. The van der Waals surface area contributed by atoms with E-state index in [0.717, 1.165) is 44.0 Å². The lowest BCUT2D eigenvalue weighted by Crippen LogP contribution is -2.45. The Hall–Kier alpha value is -0.690. The minimum atomic E-state index is -3.81. The molecule has 2 rings (SSSR count). The maximum absolute atomic E-state index is 13.2. The van der Waals surface area contributed by atoms with Gasteiger partial charge in [0.15, 0.2) is 0 Å². The maximum Gasteiger partial charge on any atom is 0.242 e. The summed E-state index contributed by atoms with van der Waals surface area (Å²) in [5.41, 5.74) is 0. The van der Waals surface area contributed by atoms with E-state index in [1.165, 1.54) is 6.07 Å². The first-order chi connectivity index (χ1) is 10.3. The molecule has 0 bridgehead atoms. The summed E-state index contributed by atoms with van der Waals surface area (Å²) in [6, 6.07) is 3.42. The van der Waals surface area contributed by atoms with Gasteiger partial charge in [0.05, 0.1) is 5.02 Å². The minimum Gasteiger partial charge on any atom is -0.299 e. The minimum absolute atomic E-state index is 0.0216. The van der Waals surface area contributed by atoms with Crippen LogP contribution in [0.1, 0.15) is 26.7 Å². The first-order valence-electron chi connectivity index (χ1n) is 7.48. The van der Waals surface area contributed by atoms with Gasteiger partial charge in [0.1, 0.15) is 10.7 Å². The van der Waals surface area contributed by atoms with Crippen LogP contribution in [0.5, 0.6) is 0 Å². The van der Waals surface area contributed by atoms with Crippen molar-refractivity contribution in [3.05, 3.63) is 29.0 Å². The number of hydrogen-bond acceptors (Lipinski definition) is 3. The molecule has 4 nitrogen and oxygen atoms in total. The molecule has 1 heterocycles. The lowest BCUT2D eigenvalue weighted by molar-refractivity contribution is 0.148. The number of hydrogen-bond donors (Lipinski definition) is 1. The fourth-order valence-electron chi connectivity index (χ4n) is 2.59. The number of piperidine rings is 1. The fraction of sp³-hybridized carbons (Fsp3) is 0.600. The van der Waals surface area contributed by atoms with Crippen LogP contribution >= 0.6 is 11.6 Å². The van der Waals surface area contributed by atoms with E-state index in [0.29, 0.717) is 0 Å². The molecule has 1 saturated heterocycles. The number of likely N-dealkylation sites (tertiary alicyclic amines) is 1. The Morgan fingerprint density at radius 1 is 1.41 bits per heavy atom. The van der Waals surface area contributed by atoms with Gasteiger partial charge in [-0.05, 0) is 57.0 Å². The van der Waals surface area contributed by atoms with Crippen LogP contribution in [0.3, 0.4) is 0 Å². The van der Waals surface area contributed by atoms with Crippen LogP contribution in [0.2, 0.25) is 5.02 Å². The predicted octanol–water partition coefficient (Wildman–Crippen LogP) is 2.88. The van der Waals surface area contributed by atoms with Crippen molar-refractivity contribution in [3.8, 4) is 0 Å². The number of rotatable bonds is 5. The highest BCUT2D eigenvalue weighted by atomic mass is 35.5. The molecule has 7 heteroatoms. The van der Waals surface area contributed by atoms with E-state index in [9.17, 15) is 12.8 Å². The average Bonchev–Trinajstić information content (AvgIpc) is 2.48. The van der Waals surface area contributed by atoms with E-state index in [-0.39, 0.29) is 22.5 Å². The first-order valence-corrected chi connectivity index (χ1v) is 9.34. The molecule has 1 fully saturated rings. The van der Waals surface area contributed by atoms with Crippen molar-refractivity contribution in [2.24, 2.45) is 5.92 Å². The predicted molar refractivity (Wildman–Crippen MR) is 86.0 cm³/mol. The monoisotopic (exact) mass is 348 g/mol. The third-order valence-electron chi connectivity index (χ3n) is 4.19. The van der Waals surface area contributed by atoms with Crippen LogP contribution in [0.4, 0.5) is 4.39 Å². The number of halogens is 2. The SMILES string of the molecule is CC1CCN(C(C)CNS(=O)(=O)c2cc(F)ccc2Cl)CC1. The molecule has 0 spiro atoms. The van der Waals surface area contributed by atoms with Gasteiger partial charge in [-0.2, -0.15) is 0 Å². The summed E-state index contributed by atoms with van der Waals surface area (Å²) in [5.74, 6) is 0.106. The van der Waals surface area contributed by atoms with Gasteiger partial charge in [-0.15, -0.1) is 0 Å². The molecular formula is C15H22ClFN2O2S. The number of sulfonamides is 1. The zero-order valence-corrected chi connectivity index (χ0v) is 14.4. The maximum atomic E-state index is 13.2. The average molecular weight is 349 g/mol. The molecule has 1 aromatic carbocycles. The van der Waals surface area contributed by atoms with E-state index in [4.69, 9.17) is 11.6 Å². The van der Waals surface area contributed by atoms with Crippen LogP contribution < -0.4 is 4.72 Å². The van der Waals surface area contributed by atoms with Crippen molar-refractivity contribution < 1.29 is 12.8 Å². The third-order valence-corrected chi connectivity index (χ3v) is 6.10. The number of nitrogens with zero attached hydrogens (tertiary/aromatic N) is 1. The van der Waals surface area contributed by atoms with Gasteiger partial charge < -0.3 is 0 Å². The van der Waals surface area contributed by atoms with Crippen LogP contribution in [-0.4, -0.2) is 39.0 Å². The summed E-state index contributed by atoms with van der Waals surface area (Å²) in [7, 11) is -3.81. The van der Waals surface area contributed by atoms with Gasteiger partial charge in [0.2, 0.25) is 10.0 Å². The van der Waals surface area contributed by atoms with E-state index in [1.807, 2.05) is 6.92 Å². The van der Waals surface area contributed by atoms with Crippen LogP contribution in [0.25, 0.3) is 0 Å². The van der Waals surface area contributed by atoms with Gasteiger partial charge >= 0.3 is 0 Å². The lowest BCUT2D eigenvalue weighted by Gasteiger charge is -2.34. The molecule has 0 radical (unpaired) electrons. The van der Waals surface area contributed by atoms with Crippen LogP contribution in [0, 0.1) is 11.7 Å². The Bertz CT molecular complexity index is 616. The Balaban J connectivity index is 1.99. The van der Waals surface area contributed by atoms with Gasteiger partial charge in [-0.3, -0.25) is 4.90 Å². The van der Waals surface area contributed by atoms with Crippen LogP contribution in [-0.2, 0) is 10.0 Å². The van der Waals surface area contributed by atoms with E-state index in [1.54, 1.807) is 0 Å². The molecule has 1 unspecified atom stereocenters. The second-order valence-corrected chi connectivity index (χ2v) is 8.14. The molecule has 0 aromatic heterocycles. The normalized spacial score (nSPS) is 19.3. The molecule has 124 valence electrons. The van der Waals surface area contributed by atoms with E-state index in [2.05, 4.69) is 16.5 Å². The zero-order valence-electron chi connectivity index (χ0n) is 12.9. The van der Waals surface area contributed by atoms with Gasteiger partial charge in [-0.1, -0.05) is 18.5 Å². The van der Waals surface area contributed by atoms with Crippen molar-refractivity contribution in [2.45, 2.75) is 37.6 Å². The quantitative estimate of drug-likeness (QED) is 0.890. The summed E-state index contributed by atoms with van der Waals surface area (Å²) in [6.07, 6.45) is 2.26. The standard InChI is InChI=1S/C15H22ClFN2O2S/c1-11-5-7-19(8-6-11)12(2)10-18-22(20,21)15-9-13(17)3-4-14(15)16/h3-4,9,11-12,18H,5-8,10H2,1-2H3. The Kier molecular flexibility index (Phi) is 5.82. The molecular weight excluding hydrogens is 327 g/mol. The van der Waals surface area contributed by atoms with E-state index < -0.39 is 15.8 Å². The topological polar surface area (TPSA) is 49.4 Å². The molecule has 1 atom stereocenters. The van der Waals surface area contributed by atoms with E-state index >= 15 is 0 Å². The summed E-state index contributed by atoms with van der Waals surface area (Å²) >= 11 is 5.86. The zero-order chi connectivity index (χ0) is 16.3. The van der Waals surface area contributed by atoms with Gasteiger partial charge in [0, 0.05) is 12.6 Å². The molecule has 1 N–H and O–H groups in total. The second-order valence-electron chi connectivity index (χ2n) is 5.99. The highest BCUT2D eigenvalue weighted by Gasteiger charge is 2.23. The molecule has 1 aliphatic rings. The van der Waals surface area contributed by atoms with Crippen molar-refractivity contribution in [1.82, 2.24) is 9.62 Å². The number of nitrogens with one attached hydrogen (secondary N) is 1. The fourth-order valence-corrected chi connectivity index (χ4v) is 4.22. The van der Waals surface area contributed by atoms with Crippen molar-refractivity contribution >= 4 is 21.6 Å². The van der Waals surface area contributed by atoms with Gasteiger partial charge in [0.25, 0.3) is 0 Å². The summed E-state index contributed by atoms with van der Waals surface area (Å²) in [4.78, 5) is 2.06. The van der Waals surface area contributed by atoms with Gasteiger partial charge in [-0.25, -0.2) is 17.5 Å². The lowest BCUT2D eigenvalue weighted by atomic mass is 9.98. The molecule has 0 aliphatic carbocycles. The summed E-state index contributed by atoms with van der Waals surface area (Å²) < 4.78 is 40.3. The van der Waals surface area contributed by atoms with Crippen molar-refractivity contribution in [2.75, 3.05) is 19.6 Å². The molecule has 1 aromatic rings. The highest BCUT2D eigenvalue weighted by molar-refractivity contribution is 7.89. The first kappa shape index (κ1) is 17.7. The number of benzene rings is 1. The second kappa shape index (κ2) is 7.25. The molecule has 0 saturated carbocycles. The largest absolute Gasteiger partial charge is 0.299 e.